The minimum atomic E-state index is -4.52. The lowest BCUT2D eigenvalue weighted by Crippen LogP contribution is -2.50. The maximum absolute atomic E-state index is 12.3. The Kier molecular flexibility index (Phi) is 4.78. The number of hydrogen-bond donors (Lipinski definition) is 1. The first kappa shape index (κ1) is 16.1. The Morgan fingerprint density at radius 1 is 1.24 bits per heavy atom. The van der Waals surface area contributed by atoms with Crippen molar-refractivity contribution in [3.63, 3.8) is 0 Å². The fourth-order valence-corrected chi connectivity index (χ4v) is 2.59. The van der Waals surface area contributed by atoms with Gasteiger partial charge in [-0.05, 0) is 30.5 Å². The highest BCUT2D eigenvalue weighted by Gasteiger charge is 2.39. The van der Waals surface area contributed by atoms with Crippen molar-refractivity contribution in [2.75, 3.05) is 13.2 Å². The minimum Gasteiger partial charge on any atom is -0.381 e. The molecule has 0 aliphatic carbocycles. The van der Waals surface area contributed by atoms with Gasteiger partial charge in [0.2, 0.25) is 5.91 Å². The summed E-state index contributed by atoms with van der Waals surface area (Å²) in [6.45, 7) is 0.768. The predicted molar refractivity (Wildman–Crippen MR) is 72.0 cm³/mol. The summed E-state index contributed by atoms with van der Waals surface area (Å²) in [6.07, 6.45) is -5.14. The van der Waals surface area contributed by atoms with Crippen LogP contribution in [-0.2, 0) is 15.1 Å². The number of benzene rings is 1. The van der Waals surface area contributed by atoms with Crippen molar-refractivity contribution in [2.45, 2.75) is 31.0 Å². The highest BCUT2D eigenvalue weighted by molar-refractivity contribution is 6.30. The lowest BCUT2D eigenvalue weighted by molar-refractivity contribution is -0.155. The van der Waals surface area contributed by atoms with Crippen molar-refractivity contribution < 1.29 is 22.7 Å². The van der Waals surface area contributed by atoms with Crippen LogP contribution in [-0.4, -0.2) is 25.3 Å². The van der Waals surface area contributed by atoms with Crippen LogP contribution in [0.15, 0.2) is 24.3 Å². The Balaban J connectivity index is 2.21. The van der Waals surface area contributed by atoms with Crippen LogP contribution in [0.2, 0.25) is 5.02 Å². The number of halogens is 4. The van der Waals surface area contributed by atoms with E-state index in [4.69, 9.17) is 16.3 Å². The van der Waals surface area contributed by atoms with E-state index in [2.05, 4.69) is 5.32 Å². The van der Waals surface area contributed by atoms with Crippen LogP contribution in [0.25, 0.3) is 0 Å². The smallest absolute Gasteiger partial charge is 0.381 e. The fraction of sp³-hybridized carbons (Fsp3) is 0.500. The Labute approximate surface area is 125 Å². The first-order chi connectivity index (χ1) is 9.81. The van der Waals surface area contributed by atoms with E-state index in [1.807, 2.05) is 0 Å². The van der Waals surface area contributed by atoms with Gasteiger partial charge >= 0.3 is 6.18 Å². The fourth-order valence-electron chi connectivity index (χ4n) is 2.47. The summed E-state index contributed by atoms with van der Waals surface area (Å²) in [7, 11) is 0. The molecular formula is C14H15ClF3NO2. The first-order valence-electron chi connectivity index (χ1n) is 6.52. The molecule has 0 bridgehead atoms. The van der Waals surface area contributed by atoms with Gasteiger partial charge in [-0.15, -0.1) is 0 Å². The summed E-state index contributed by atoms with van der Waals surface area (Å²) in [5, 5.41) is 3.07. The zero-order valence-electron chi connectivity index (χ0n) is 11.2. The average Bonchev–Trinajstić information content (AvgIpc) is 2.38. The number of carbonyl (C=O) groups is 1. The molecule has 0 saturated carbocycles. The van der Waals surface area contributed by atoms with Crippen molar-refractivity contribution in [1.82, 2.24) is 5.32 Å². The van der Waals surface area contributed by atoms with Gasteiger partial charge in [-0.1, -0.05) is 23.7 Å². The van der Waals surface area contributed by atoms with Gasteiger partial charge in [0.15, 0.2) is 0 Å². The van der Waals surface area contributed by atoms with Crippen LogP contribution in [0.3, 0.4) is 0 Å². The molecule has 116 valence electrons. The van der Waals surface area contributed by atoms with E-state index in [1.165, 1.54) is 0 Å². The van der Waals surface area contributed by atoms with E-state index in [1.54, 1.807) is 24.3 Å². The summed E-state index contributed by atoms with van der Waals surface area (Å²) >= 11 is 5.83. The second-order valence-electron chi connectivity index (χ2n) is 5.04. The Morgan fingerprint density at radius 2 is 1.81 bits per heavy atom. The Morgan fingerprint density at radius 3 is 2.33 bits per heavy atom. The monoisotopic (exact) mass is 321 g/mol. The summed E-state index contributed by atoms with van der Waals surface area (Å²) in [5.41, 5.74) is -0.0868. The molecule has 1 fully saturated rings. The van der Waals surface area contributed by atoms with Gasteiger partial charge in [0.25, 0.3) is 0 Å². The van der Waals surface area contributed by atoms with Gasteiger partial charge in [-0.3, -0.25) is 4.79 Å². The van der Waals surface area contributed by atoms with Crippen molar-refractivity contribution in [3.8, 4) is 0 Å². The molecule has 0 atom stereocenters. The largest absolute Gasteiger partial charge is 0.397 e. The predicted octanol–water partition coefficient (Wildman–Crippen LogP) is 3.41. The molecule has 3 nitrogen and oxygen atoms in total. The maximum atomic E-state index is 12.3. The zero-order valence-corrected chi connectivity index (χ0v) is 11.9. The number of amides is 1. The molecule has 0 aromatic heterocycles. The van der Waals surface area contributed by atoms with E-state index in [0.29, 0.717) is 31.1 Å². The number of carbonyl (C=O) groups excluding carboxylic acids is 1. The van der Waals surface area contributed by atoms with Gasteiger partial charge in [-0.25, -0.2) is 0 Å². The number of alkyl halides is 3. The first-order valence-corrected chi connectivity index (χ1v) is 6.90. The number of ether oxygens (including phenoxy) is 1. The van der Waals surface area contributed by atoms with Gasteiger partial charge in [-0.2, -0.15) is 13.2 Å². The SMILES string of the molecule is O=C(CC(F)(F)F)NC1(c2ccc(Cl)cc2)CCOCC1. The molecule has 1 aliphatic heterocycles. The molecule has 0 unspecified atom stereocenters. The second-order valence-corrected chi connectivity index (χ2v) is 5.48. The van der Waals surface area contributed by atoms with Crippen molar-refractivity contribution >= 4 is 17.5 Å². The van der Waals surface area contributed by atoms with Crippen molar-refractivity contribution in [2.24, 2.45) is 0 Å². The van der Waals surface area contributed by atoms with Crippen LogP contribution in [0.1, 0.15) is 24.8 Å². The molecule has 1 amide bonds. The second kappa shape index (κ2) is 6.23. The van der Waals surface area contributed by atoms with Crippen LogP contribution in [0, 0.1) is 0 Å². The third kappa shape index (κ3) is 4.35. The zero-order chi connectivity index (χ0) is 15.5. The van der Waals surface area contributed by atoms with Crippen LogP contribution in [0.5, 0.6) is 0 Å². The number of rotatable bonds is 3. The van der Waals surface area contributed by atoms with Gasteiger partial charge < -0.3 is 10.1 Å². The van der Waals surface area contributed by atoms with Crippen LogP contribution >= 0.6 is 11.6 Å². The molecule has 1 saturated heterocycles. The molecule has 1 N–H and O–H groups in total. The van der Waals surface area contributed by atoms with E-state index in [0.717, 1.165) is 5.56 Å². The maximum Gasteiger partial charge on any atom is 0.397 e. The third-order valence-electron chi connectivity index (χ3n) is 3.48. The van der Waals surface area contributed by atoms with E-state index in [-0.39, 0.29) is 0 Å². The molecule has 21 heavy (non-hydrogen) atoms. The molecule has 1 aromatic rings. The number of hydrogen-bond acceptors (Lipinski definition) is 2. The standard InChI is InChI=1S/C14H15ClF3NO2/c15-11-3-1-10(2-4-11)13(5-7-21-8-6-13)19-12(20)9-14(16,17)18/h1-4H,5-9H2,(H,19,20). The lowest BCUT2D eigenvalue weighted by Gasteiger charge is -2.38. The summed E-state index contributed by atoms with van der Waals surface area (Å²) in [4.78, 5) is 11.7. The minimum absolute atomic E-state index is 0.384. The summed E-state index contributed by atoms with van der Waals surface area (Å²) < 4.78 is 42.3. The topological polar surface area (TPSA) is 38.3 Å². The molecule has 1 aliphatic rings. The Bertz CT molecular complexity index is 496. The molecule has 0 spiro atoms. The van der Waals surface area contributed by atoms with Crippen molar-refractivity contribution in [1.29, 1.82) is 0 Å². The van der Waals surface area contributed by atoms with Gasteiger partial charge in [0.1, 0.15) is 6.42 Å². The third-order valence-corrected chi connectivity index (χ3v) is 3.73. The highest BCUT2D eigenvalue weighted by atomic mass is 35.5. The Hall–Kier alpha value is -1.27. The number of nitrogens with one attached hydrogen (secondary N) is 1. The van der Waals surface area contributed by atoms with Gasteiger partial charge in [0.05, 0.1) is 5.54 Å². The lowest BCUT2D eigenvalue weighted by atomic mass is 9.82. The van der Waals surface area contributed by atoms with Crippen molar-refractivity contribution in [3.05, 3.63) is 34.9 Å². The summed E-state index contributed by atoms with van der Waals surface area (Å²) in [6, 6.07) is 6.76. The normalized spacial score (nSPS) is 18.3. The molecule has 7 heteroatoms. The average molecular weight is 322 g/mol. The van der Waals surface area contributed by atoms with Crippen LogP contribution < -0.4 is 5.32 Å². The molecule has 2 rings (SSSR count). The summed E-state index contributed by atoms with van der Waals surface area (Å²) in [5.74, 6) is -1.03. The van der Waals surface area contributed by atoms with E-state index >= 15 is 0 Å². The molecule has 1 aromatic carbocycles. The quantitative estimate of drug-likeness (QED) is 0.926. The van der Waals surface area contributed by atoms with E-state index in [9.17, 15) is 18.0 Å². The van der Waals surface area contributed by atoms with Crippen LogP contribution in [0.4, 0.5) is 13.2 Å². The molecule has 0 radical (unpaired) electrons. The molecule has 1 heterocycles. The highest BCUT2D eigenvalue weighted by Crippen LogP contribution is 2.33. The van der Waals surface area contributed by atoms with E-state index < -0.39 is 24.0 Å². The van der Waals surface area contributed by atoms with Gasteiger partial charge in [0, 0.05) is 18.2 Å². The molecular weight excluding hydrogens is 307 g/mol.